The van der Waals surface area contributed by atoms with Crippen LogP contribution in [-0.4, -0.2) is 5.78 Å². The molecule has 0 aliphatic rings. The van der Waals surface area contributed by atoms with Crippen LogP contribution in [0.15, 0.2) is 36.4 Å². The van der Waals surface area contributed by atoms with Gasteiger partial charge in [0.2, 0.25) is 0 Å². The van der Waals surface area contributed by atoms with Crippen LogP contribution in [0, 0.1) is 27.7 Å². The fraction of sp³-hybridized carbons (Fsp3) is 0.235. The molecule has 92 valence electrons. The summed E-state index contributed by atoms with van der Waals surface area (Å²) in [5, 5.41) is 0. The molecule has 0 heterocycles. The van der Waals surface area contributed by atoms with Gasteiger partial charge in [0.15, 0.2) is 5.78 Å². The monoisotopic (exact) mass is 238 g/mol. The van der Waals surface area contributed by atoms with Gasteiger partial charge in [0.05, 0.1) is 0 Å². The molecule has 2 aromatic carbocycles. The lowest BCUT2D eigenvalue weighted by Gasteiger charge is -2.12. The topological polar surface area (TPSA) is 17.1 Å². The Balaban J connectivity index is 2.61. The van der Waals surface area contributed by atoms with Crippen molar-refractivity contribution in [2.45, 2.75) is 27.7 Å². The summed E-state index contributed by atoms with van der Waals surface area (Å²) in [6.07, 6.45) is 0. The molecule has 0 atom stereocenters. The molecule has 0 unspecified atom stereocenters. The van der Waals surface area contributed by atoms with Crippen LogP contribution < -0.4 is 0 Å². The molecule has 1 heteroatoms. The molecule has 0 spiro atoms. The van der Waals surface area contributed by atoms with E-state index in [0.29, 0.717) is 0 Å². The van der Waals surface area contributed by atoms with Crippen molar-refractivity contribution in [2.24, 2.45) is 0 Å². The van der Waals surface area contributed by atoms with Gasteiger partial charge in [-0.2, -0.15) is 0 Å². The highest BCUT2D eigenvalue weighted by molar-refractivity contribution is 6.11. The highest BCUT2D eigenvalue weighted by Gasteiger charge is 2.16. The molecular weight excluding hydrogens is 220 g/mol. The molecule has 0 N–H and O–H groups in total. The van der Waals surface area contributed by atoms with Gasteiger partial charge in [-0.1, -0.05) is 36.4 Å². The van der Waals surface area contributed by atoms with Gasteiger partial charge in [0.25, 0.3) is 0 Å². The van der Waals surface area contributed by atoms with Gasteiger partial charge in [0, 0.05) is 11.1 Å². The zero-order valence-electron chi connectivity index (χ0n) is 11.4. The molecule has 0 fully saturated rings. The number of carbonyl (C=O) groups excluding carboxylic acids is 1. The minimum Gasteiger partial charge on any atom is -0.289 e. The first-order chi connectivity index (χ1) is 8.52. The lowest BCUT2D eigenvalue weighted by molar-refractivity contribution is 0.103. The lowest BCUT2D eigenvalue weighted by atomic mass is 9.90. The fourth-order valence-corrected chi connectivity index (χ4v) is 2.26. The summed E-state index contributed by atoms with van der Waals surface area (Å²) in [7, 11) is 0. The molecule has 0 aromatic heterocycles. The van der Waals surface area contributed by atoms with Crippen LogP contribution in [-0.2, 0) is 0 Å². The van der Waals surface area contributed by atoms with E-state index in [-0.39, 0.29) is 5.78 Å². The van der Waals surface area contributed by atoms with Crippen molar-refractivity contribution < 1.29 is 4.79 Å². The van der Waals surface area contributed by atoms with E-state index >= 15 is 0 Å². The minimum atomic E-state index is 0.131. The van der Waals surface area contributed by atoms with Crippen molar-refractivity contribution in [2.75, 3.05) is 0 Å². The van der Waals surface area contributed by atoms with Crippen LogP contribution in [0.3, 0.4) is 0 Å². The summed E-state index contributed by atoms with van der Waals surface area (Å²) in [5.41, 5.74) is 5.98. The molecule has 0 aliphatic heterocycles. The highest BCUT2D eigenvalue weighted by Crippen LogP contribution is 2.22. The van der Waals surface area contributed by atoms with Gasteiger partial charge < -0.3 is 0 Å². The van der Waals surface area contributed by atoms with Crippen molar-refractivity contribution in [1.29, 1.82) is 0 Å². The van der Waals surface area contributed by atoms with E-state index in [1.54, 1.807) is 0 Å². The Morgan fingerprint density at radius 2 is 1.39 bits per heavy atom. The number of aryl methyl sites for hydroxylation is 3. The molecule has 2 rings (SSSR count). The second-order valence-corrected chi connectivity index (χ2v) is 4.84. The van der Waals surface area contributed by atoms with E-state index in [9.17, 15) is 4.79 Å². The molecule has 0 amide bonds. The summed E-state index contributed by atoms with van der Waals surface area (Å²) in [5.74, 6) is 0.131. The quantitative estimate of drug-likeness (QED) is 0.718. The van der Waals surface area contributed by atoms with Crippen LogP contribution in [0.1, 0.15) is 38.2 Å². The molecule has 1 nitrogen and oxygen atoms in total. The van der Waals surface area contributed by atoms with Gasteiger partial charge in [-0.15, -0.1) is 0 Å². The SMILES string of the molecule is Cc1ccccc1C(=O)c1c(C)ccc(C)c1C. The van der Waals surface area contributed by atoms with Crippen molar-refractivity contribution in [3.63, 3.8) is 0 Å². The Kier molecular flexibility index (Phi) is 3.33. The lowest BCUT2D eigenvalue weighted by Crippen LogP contribution is -2.08. The number of rotatable bonds is 2. The number of hydrogen-bond acceptors (Lipinski definition) is 1. The van der Waals surface area contributed by atoms with Crippen LogP contribution in [0.25, 0.3) is 0 Å². The first-order valence-corrected chi connectivity index (χ1v) is 6.19. The smallest absolute Gasteiger partial charge is 0.193 e. The minimum absolute atomic E-state index is 0.131. The Morgan fingerprint density at radius 3 is 2.06 bits per heavy atom. The predicted octanol–water partition coefficient (Wildman–Crippen LogP) is 4.15. The van der Waals surface area contributed by atoms with Crippen LogP contribution in [0.4, 0.5) is 0 Å². The van der Waals surface area contributed by atoms with E-state index < -0.39 is 0 Å². The second-order valence-electron chi connectivity index (χ2n) is 4.84. The summed E-state index contributed by atoms with van der Waals surface area (Å²) < 4.78 is 0. The van der Waals surface area contributed by atoms with E-state index in [2.05, 4.69) is 6.07 Å². The Labute approximate surface area is 108 Å². The third kappa shape index (κ3) is 2.08. The molecular formula is C17H18O. The number of carbonyl (C=O) groups is 1. The molecule has 0 bridgehead atoms. The predicted molar refractivity (Wildman–Crippen MR) is 75.3 cm³/mol. The first-order valence-electron chi connectivity index (χ1n) is 6.19. The van der Waals surface area contributed by atoms with E-state index in [0.717, 1.165) is 33.4 Å². The van der Waals surface area contributed by atoms with Crippen molar-refractivity contribution in [1.82, 2.24) is 0 Å². The van der Waals surface area contributed by atoms with E-state index in [1.807, 2.05) is 58.0 Å². The van der Waals surface area contributed by atoms with Crippen LogP contribution in [0.2, 0.25) is 0 Å². The van der Waals surface area contributed by atoms with Gasteiger partial charge in [-0.3, -0.25) is 4.79 Å². The van der Waals surface area contributed by atoms with Crippen molar-refractivity contribution in [3.05, 3.63) is 69.8 Å². The van der Waals surface area contributed by atoms with E-state index in [4.69, 9.17) is 0 Å². The molecule has 2 aromatic rings. The summed E-state index contributed by atoms with van der Waals surface area (Å²) in [6, 6.07) is 11.8. The maximum atomic E-state index is 12.7. The Morgan fingerprint density at radius 1 is 0.778 bits per heavy atom. The zero-order valence-corrected chi connectivity index (χ0v) is 11.4. The fourth-order valence-electron chi connectivity index (χ4n) is 2.26. The first kappa shape index (κ1) is 12.6. The molecule has 18 heavy (non-hydrogen) atoms. The summed E-state index contributed by atoms with van der Waals surface area (Å²) >= 11 is 0. The molecule has 0 radical (unpaired) electrons. The average molecular weight is 238 g/mol. The van der Waals surface area contributed by atoms with Crippen molar-refractivity contribution >= 4 is 5.78 Å². The van der Waals surface area contributed by atoms with Crippen LogP contribution in [0.5, 0.6) is 0 Å². The Hall–Kier alpha value is -1.89. The normalized spacial score (nSPS) is 10.4. The maximum Gasteiger partial charge on any atom is 0.193 e. The van der Waals surface area contributed by atoms with Gasteiger partial charge in [-0.05, 0) is 49.9 Å². The number of ketones is 1. The Bertz CT molecular complexity index is 609. The third-order valence-electron chi connectivity index (χ3n) is 3.56. The largest absolute Gasteiger partial charge is 0.289 e. The highest BCUT2D eigenvalue weighted by atomic mass is 16.1. The molecule has 0 aliphatic carbocycles. The van der Waals surface area contributed by atoms with Gasteiger partial charge in [-0.25, -0.2) is 0 Å². The number of benzene rings is 2. The van der Waals surface area contributed by atoms with Gasteiger partial charge >= 0.3 is 0 Å². The third-order valence-corrected chi connectivity index (χ3v) is 3.56. The zero-order chi connectivity index (χ0) is 13.3. The van der Waals surface area contributed by atoms with Crippen LogP contribution >= 0.6 is 0 Å². The summed E-state index contributed by atoms with van der Waals surface area (Å²) in [6.45, 7) is 8.04. The van der Waals surface area contributed by atoms with E-state index in [1.165, 1.54) is 0 Å². The second kappa shape index (κ2) is 4.77. The molecule has 0 saturated heterocycles. The van der Waals surface area contributed by atoms with Gasteiger partial charge in [0.1, 0.15) is 0 Å². The maximum absolute atomic E-state index is 12.7. The molecule has 0 saturated carbocycles. The standard InChI is InChI=1S/C17H18O/c1-11-9-10-13(3)16(14(11)4)17(18)15-8-6-5-7-12(15)2/h5-10H,1-4H3. The summed E-state index contributed by atoms with van der Waals surface area (Å²) in [4.78, 5) is 12.7. The number of hydrogen-bond donors (Lipinski definition) is 0. The average Bonchev–Trinajstić information content (AvgIpc) is 2.35. The van der Waals surface area contributed by atoms with Crippen molar-refractivity contribution in [3.8, 4) is 0 Å².